The van der Waals surface area contributed by atoms with Crippen molar-refractivity contribution in [2.45, 2.75) is 24.5 Å². The van der Waals surface area contributed by atoms with E-state index >= 15 is 0 Å². The number of rotatable bonds is 2. The first kappa shape index (κ1) is 6.61. The Kier molecular flexibility index (Phi) is 1.29. The van der Waals surface area contributed by atoms with E-state index in [1.807, 2.05) is 0 Å². The molecule has 58 valence electrons. The fourth-order valence-electron chi connectivity index (χ4n) is 1.12. The Bertz CT molecular complexity index is 226. The molecule has 0 atom stereocenters. The molecule has 0 aromatic heterocycles. The Morgan fingerprint density at radius 2 is 1.80 bits per heavy atom. The van der Waals surface area contributed by atoms with Gasteiger partial charge in [0.2, 0.25) is 10.0 Å². The lowest BCUT2D eigenvalue weighted by Gasteiger charge is -2.29. The largest absolute Gasteiger partial charge is 0.216 e. The van der Waals surface area contributed by atoms with Crippen LogP contribution in [0.15, 0.2) is 0 Å². The van der Waals surface area contributed by atoms with Gasteiger partial charge in [0.15, 0.2) is 0 Å². The summed E-state index contributed by atoms with van der Waals surface area (Å²) in [5.41, 5.74) is 0. The molecule has 4 heteroatoms. The molecule has 0 amide bonds. The van der Waals surface area contributed by atoms with Crippen LogP contribution < -0.4 is 0 Å². The lowest BCUT2D eigenvalue weighted by atomic mass is 10.3. The van der Waals surface area contributed by atoms with Gasteiger partial charge in [-0.15, -0.1) is 0 Å². The maximum absolute atomic E-state index is 11.3. The fourth-order valence-corrected chi connectivity index (χ4v) is 3.04. The summed E-state index contributed by atoms with van der Waals surface area (Å²) in [7, 11) is -2.80. The summed E-state index contributed by atoms with van der Waals surface area (Å²) in [5.74, 6) is 0. The van der Waals surface area contributed by atoms with E-state index < -0.39 is 10.0 Å². The third-order valence-corrected chi connectivity index (χ3v) is 4.52. The molecule has 10 heavy (non-hydrogen) atoms. The molecule has 3 nitrogen and oxygen atoms in total. The van der Waals surface area contributed by atoms with Crippen molar-refractivity contribution in [2.75, 3.05) is 13.1 Å². The molecular weight excluding hydrogens is 150 g/mol. The maximum Gasteiger partial charge on any atom is 0.216 e. The highest BCUT2D eigenvalue weighted by Crippen LogP contribution is 2.32. The molecule has 1 aliphatic heterocycles. The normalized spacial score (nSPS) is 28.0. The van der Waals surface area contributed by atoms with Crippen LogP contribution in [0.3, 0.4) is 0 Å². The van der Waals surface area contributed by atoms with Crippen molar-refractivity contribution in [3.63, 3.8) is 0 Å². The molecule has 1 saturated carbocycles. The molecule has 0 unspecified atom stereocenters. The highest BCUT2D eigenvalue weighted by atomic mass is 32.2. The van der Waals surface area contributed by atoms with Gasteiger partial charge in [0, 0.05) is 13.1 Å². The standard InChI is InChI=1S/C6H11NO2S/c8-10(9,6-2-3-6)7-4-1-5-7/h6H,1-5H2. The van der Waals surface area contributed by atoms with Crippen molar-refractivity contribution in [3.05, 3.63) is 0 Å². The van der Waals surface area contributed by atoms with Crippen molar-refractivity contribution in [1.82, 2.24) is 4.31 Å². The summed E-state index contributed by atoms with van der Waals surface area (Å²) in [6.07, 6.45) is 2.82. The quantitative estimate of drug-likeness (QED) is 0.579. The molecule has 2 aliphatic rings. The average Bonchev–Trinajstić information content (AvgIpc) is 2.32. The van der Waals surface area contributed by atoms with Gasteiger partial charge in [-0.3, -0.25) is 0 Å². The van der Waals surface area contributed by atoms with E-state index in [-0.39, 0.29) is 5.25 Å². The minimum atomic E-state index is -2.80. The van der Waals surface area contributed by atoms with Crippen molar-refractivity contribution in [3.8, 4) is 0 Å². The number of hydrogen-bond acceptors (Lipinski definition) is 2. The van der Waals surface area contributed by atoms with Gasteiger partial charge in [-0.05, 0) is 19.3 Å². The monoisotopic (exact) mass is 161 g/mol. The van der Waals surface area contributed by atoms with Crippen LogP contribution in [-0.4, -0.2) is 31.1 Å². The Hall–Kier alpha value is -0.0900. The molecule has 0 radical (unpaired) electrons. The summed E-state index contributed by atoms with van der Waals surface area (Å²) in [6.45, 7) is 1.53. The summed E-state index contributed by atoms with van der Waals surface area (Å²) in [6, 6.07) is 0. The van der Waals surface area contributed by atoms with Crippen molar-refractivity contribution in [1.29, 1.82) is 0 Å². The molecule has 0 N–H and O–H groups in total. The topological polar surface area (TPSA) is 37.4 Å². The van der Waals surface area contributed by atoms with Crippen LogP contribution in [0.4, 0.5) is 0 Å². The van der Waals surface area contributed by atoms with Crippen molar-refractivity contribution < 1.29 is 8.42 Å². The predicted octanol–water partition coefficient (Wildman–Crippen LogP) is 0.184. The van der Waals surface area contributed by atoms with Gasteiger partial charge in [0.25, 0.3) is 0 Å². The van der Waals surface area contributed by atoms with Gasteiger partial charge in [-0.1, -0.05) is 0 Å². The minimum Gasteiger partial charge on any atom is -0.212 e. The highest BCUT2D eigenvalue weighted by molar-refractivity contribution is 7.90. The Labute approximate surface area is 61.1 Å². The molecular formula is C6H11NO2S. The first-order valence-electron chi connectivity index (χ1n) is 3.70. The van der Waals surface area contributed by atoms with Crippen LogP contribution in [0.1, 0.15) is 19.3 Å². The van der Waals surface area contributed by atoms with Gasteiger partial charge in [0.05, 0.1) is 5.25 Å². The van der Waals surface area contributed by atoms with Crippen LogP contribution >= 0.6 is 0 Å². The lowest BCUT2D eigenvalue weighted by molar-refractivity contribution is 0.309. The second-order valence-corrected chi connectivity index (χ2v) is 5.21. The first-order valence-corrected chi connectivity index (χ1v) is 5.20. The Morgan fingerprint density at radius 1 is 1.20 bits per heavy atom. The Balaban J connectivity index is 2.12. The van der Waals surface area contributed by atoms with Crippen molar-refractivity contribution >= 4 is 10.0 Å². The van der Waals surface area contributed by atoms with E-state index in [4.69, 9.17) is 0 Å². The van der Waals surface area contributed by atoms with Gasteiger partial charge in [0.1, 0.15) is 0 Å². The Morgan fingerprint density at radius 3 is 2.10 bits per heavy atom. The van der Waals surface area contributed by atoms with Crippen molar-refractivity contribution in [2.24, 2.45) is 0 Å². The van der Waals surface area contributed by atoms with E-state index in [9.17, 15) is 8.42 Å². The van der Waals surface area contributed by atoms with E-state index in [0.29, 0.717) is 0 Å². The van der Waals surface area contributed by atoms with Gasteiger partial charge < -0.3 is 0 Å². The summed E-state index contributed by atoms with van der Waals surface area (Å²) in [5, 5.41) is -0.00667. The number of hydrogen-bond donors (Lipinski definition) is 0. The second kappa shape index (κ2) is 1.95. The third kappa shape index (κ3) is 0.864. The summed E-state index contributed by atoms with van der Waals surface area (Å²) >= 11 is 0. The fraction of sp³-hybridized carbons (Fsp3) is 1.00. The zero-order valence-corrected chi connectivity index (χ0v) is 6.60. The molecule has 2 rings (SSSR count). The van der Waals surface area contributed by atoms with Crippen LogP contribution in [0.25, 0.3) is 0 Å². The zero-order chi connectivity index (χ0) is 7.19. The smallest absolute Gasteiger partial charge is 0.212 e. The predicted molar refractivity (Wildman–Crippen MR) is 38.1 cm³/mol. The number of sulfonamides is 1. The molecule has 1 aliphatic carbocycles. The summed E-state index contributed by atoms with van der Waals surface area (Å²) in [4.78, 5) is 0. The molecule has 2 fully saturated rings. The minimum absolute atomic E-state index is 0.00667. The molecule has 0 spiro atoms. The second-order valence-electron chi connectivity index (χ2n) is 3.00. The zero-order valence-electron chi connectivity index (χ0n) is 5.78. The van der Waals surface area contributed by atoms with Crippen LogP contribution in [0.2, 0.25) is 0 Å². The van der Waals surface area contributed by atoms with E-state index in [0.717, 1.165) is 32.4 Å². The molecule has 0 aromatic rings. The van der Waals surface area contributed by atoms with Crippen LogP contribution in [-0.2, 0) is 10.0 Å². The molecule has 1 saturated heterocycles. The summed E-state index contributed by atoms with van der Waals surface area (Å²) < 4.78 is 24.2. The lowest BCUT2D eigenvalue weighted by Crippen LogP contribution is -2.43. The SMILES string of the molecule is O=S(=O)(C1CC1)N1CCC1. The van der Waals surface area contributed by atoms with E-state index in [1.165, 1.54) is 0 Å². The molecule has 1 heterocycles. The van der Waals surface area contributed by atoms with Crippen LogP contribution in [0.5, 0.6) is 0 Å². The van der Waals surface area contributed by atoms with Gasteiger partial charge in [-0.2, -0.15) is 0 Å². The highest BCUT2D eigenvalue weighted by Gasteiger charge is 2.41. The number of nitrogens with zero attached hydrogens (tertiary/aromatic N) is 1. The van der Waals surface area contributed by atoms with Gasteiger partial charge in [-0.25, -0.2) is 12.7 Å². The van der Waals surface area contributed by atoms with Crippen LogP contribution in [0, 0.1) is 0 Å². The maximum atomic E-state index is 11.3. The first-order chi connectivity index (χ1) is 4.71. The van der Waals surface area contributed by atoms with Gasteiger partial charge >= 0.3 is 0 Å². The average molecular weight is 161 g/mol. The van der Waals surface area contributed by atoms with E-state index in [1.54, 1.807) is 4.31 Å². The molecule has 0 bridgehead atoms. The molecule has 0 aromatic carbocycles. The van der Waals surface area contributed by atoms with E-state index in [2.05, 4.69) is 0 Å². The third-order valence-electron chi connectivity index (χ3n) is 2.12.